The van der Waals surface area contributed by atoms with Crippen molar-refractivity contribution in [3.8, 4) is 11.6 Å². The van der Waals surface area contributed by atoms with Crippen LogP contribution in [0.3, 0.4) is 0 Å². The number of ether oxygens (including phenoxy) is 1. The summed E-state index contributed by atoms with van der Waals surface area (Å²) in [4.78, 5) is 8.90. The van der Waals surface area contributed by atoms with Crippen LogP contribution >= 0.6 is 0 Å². The molecule has 0 saturated heterocycles. The molecular weight excluding hydrogens is 269 g/mol. The van der Waals surface area contributed by atoms with E-state index in [0.717, 1.165) is 37.4 Å². The van der Waals surface area contributed by atoms with Crippen molar-refractivity contribution in [3.63, 3.8) is 0 Å². The Kier molecular flexibility index (Phi) is 3.99. The van der Waals surface area contributed by atoms with E-state index in [1.54, 1.807) is 24.3 Å². The predicted molar refractivity (Wildman–Crippen MR) is 79.3 cm³/mol. The molecule has 1 aliphatic rings. The Morgan fingerprint density at radius 1 is 1.29 bits per heavy atom. The summed E-state index contributed by atoms with van der Waals surface area (Å²) in [6.07, 6.45) is 3.22. The van der Waals surface area contributed by atoms with Gasteiger partial charge in [0.25, 0.3) is 0 Å². The first-order valence-corrected chi connectivity index (χ1v) is 7.31. The summed E-state index contributed by atoms with van der Waals surface area (Å²) >= 11 is 0. The second-order valence-electron chi connectivity index (χ2n) is 5.18. The Morgan fingerprint density at radius 2 is 2.10 bits per heavy atom. The molecule has 0 aliphatic heterocycles. The van der Waals surface area contributed by atoms with Gasteiger partial charge in [-0.05, 0) is 31.4 Å². The van der Waals surface area contributed by atoms with E-state index >= 15 is 0 Å². The molecule has 1 aliphatic carbocycles. The van der Waals surface area contributed by atoms with E-state index in [0.29, 0.717) is 11.8 Å². The summed E-state index contributed by atoms with van der Waals surface area (Å²) in [5, 5.41) is 3.23. The summed E-state index contributed by atoms with van der Waals surface area (Å²) in [7, 11) is 0. The minimum atomic E-state index is -0.396. The smallest absolute Gasteiger partial charge is 0.224 e. The molecule has 1 aromatic carbocycles. The molecular formula is C16H18FN3O. The lowest BCUT2D eigenvalue weighted by Gasteiger charge is -2.10. The van der Waals surface area contributed by atoms with Gasteiger partial charge in [-0.3, -0.25) is 0 Å². The monoisotopic (exact) mass is 287 g/mol. The molecule has 1 N–H and O–H groups in total. The number of nitrogens with one attached hydrogen (secondary N) is 1. The van der Waals surface area contributed by atoms with E-state index in [9.17, 15) is 4.39 Å². The highest BCUT2D eigenvalue weighted by Crippen LogP contribution is 2.39. The maximum Gasteiger partial charge on any atom is 0.224 e. The molecule has 1 fully saturated rings. The highest BCUT2D eigenvalue weighted by molar-refractivity contribution is 5.41. The standard InChI is InChI=1S/C16H18FN3O/c1-2-9-18-14-10-15(20-16(19-14)11-7-8-11)21-13-6-4-3-5-12(13)17/h3-6,10-11H,2,7-9H2,1H3,(H,18,19,20). The topological polar surface area (TPSA) is 47.0 Å². The van der Waals surface area contributed by atoms with Crippen LogP contribution in [0.4, 0.5) is 10.2 Å². The molecule has 5 heteroatoms. The van der Waals surface area contributed by atoms with E-state index in [4.69, 9.17) is 4.74 Å². The van der Waals surface area contributed by atoms with Gasteiger partial charge in [0, 0.05) is 18.5 Å². The minimum Gasteiger partial charge on any atom is -0.436 e. The first-order valence-electron chi connectivity index (χ1n) is 7.31. The molecule has 3 rings (SSSR count). The fourth-order valence-electron chi connectivity index (χ4n) is 2.00. The van der Waals surface area contributed by atoms with Crippen molar-refractivity contribution in [2.75, 3.05) is 11.9 Å². The number of nitrogens with zero attached hydrogens (tertiary/aromatic N) is 2. The Morgan fingerprint density at radius 3 is 2.81 bits per heavy atom. The predicted octanol–water partition coefficient (Wildman–Crippen LogP) is 4.11. The van der Waals surface area contributed by atoms with Crippen molar-refractivity contribution >= 4 is 5.82 Å². The van der Waals surface area contributed by atoms with Crippen molar-refractivity contribution in [3.05, 3.63) is 42.0 Å². The molecule has 0 radical (unpaired) electrons. The lowest BCUT2D eigenvalue weighted by atomic mass is 10.3. The number of rotatable bonds is 6. The summed E-state index contributed by atoms with van der Waals surface area (Å²) in [6.45, 7) is 2.92. The average Bonchev–Trinajstić information content (AvgIpc) is 3.32. The van der Waals surface area contributed by atoms with Crippen molar-refractivity contribution in [2.24, 2.45) is 0 Å². The highest BCUT2D eigenvalue weighted by atomic mass is 19.1. The van der Waals surface area contributed by atoms with Gasteiger partial charge in [-0.1, -0.05) is 19.1 Å². The van der Waals surface area contributed by atoms with Gasteiger partial charge in [-0.25, -0.2) is 9.37 Å². The van der Waals surface area contributed by atoms with Gasteiger partial charge < -0.3 is 10.1 Å². The summed E-state index contributed by atoms with van der Waals surface area (Å²) in [5.74, 6) is 2.10. The molecule has 1 saturated carbocycles. The number of hydrogen-bond acceptors (Lipinski definition) is 4. The zero-order valence-corrected chi connectivity index (χ0v) is 12.0. The molecule has 1 aromatic heterocycles. The summed E-state index contributed by atoms with van der Waals surface area (Å²) in [6, 6.07) is 8.04. The van der Waals surface area contributed by atoms with Crippen LogP contribution in [0.5, 0.6) is 11.6 Å². The highest BCUT2D eigenvalue weighted by Gasteiger charge is 2.27. The molecule has 0 atom stereocenters. The lowest BCUT2D eigenvalue weighted by molar-refractivity contribution is 0.425. The van der Waals surface area contributed by atoms with E-state index in [2.05, 4.69) is 22.2 Å². The van der Waals surface area contributed by atoms with Crippen LogP contribution in [0.2, 0.25) is 0 Å². The van der Waals surface area contributed by atoms with E-state index in [1.165, 1.54) is 6.07 Å². The largest absolute Gasteiger partial charge is 0.436 e. The number of anilines is 1. The number of aromatic nitrogens is 2. The Balaban J connectivity index is 1.86. The van der Waals surface area contributed by atoms with Crippen LogP contribution in [-0.2, 0) is 0 Å². The molecule has 0 spiro atoms. The minimum absolute atomic E-state index is 0.180. The molecule has 0 amide bonds. The van der Waals surface area contributed by atoms with Crippen LogP contribution < -0.4 is 10.1 Å². The molecule has 1 heterocycles. The molecule has 21 heavy (non-hydrogen) atoms. The van der Waals surface area contributed by atoms with E-state index < -0.39 is 5.82 Å². The quantitative estimate of drug-likeness (QED) is 0.868. The molecule has 2 aromatic rings. The van der Waals surface area contributed by atoms with Gasteiger partial charge in [-0.2, -0.15) is 4.98 Å². The van der Waals surface area contributed by atoms with E-state index in [1.807, 2.05) is 0 Å². The zero-order valence-electron chi connectivity index (χ0n) is 12.0. The van der Waals surface area contributed by atoms with Gasteiger partial charge in [0.1, 0.15) is 11.6 Å². The first-order chi connectivity index (χ1) is 10.3. The number of para-hydroxylation sites is 1. The second kappa shape index (κ2) is 6.08. The Hall–Kier alpha value is -2.17. The maximum atomic E-state index is 13.7. The van der Waals surface area contributed by atoms with Crippen LogP contribution in [0.25, 0.3) is 0 Å². The fourth-order valence-corrected chi connectivity index (χ4v) is 2.00. The van der Waals surface area contributed by atoms with Crippen molar-refractivity contribution in [2.45, 2.75) is 32.1 Å². The zero-order chi connectivity index (χ0) is 14.7. The normalized spacial score (nSPS) is 14.0. The Labute approximate surface area is 123 Å². The molecule has 0 unspecified atom stereocenters. The number of hydrogen-bond donors (Lipinski definition) is 1. The summed E-state index contributed by atoms with van der Waals surface area (Å²) in [5.41, 5.74) is 0. The summed E-state index contributed by atoms with van der Waals surface area (Å²) < 4.78 is 19.2. The van der Waals surface area contributed by atoms with Crippen LogP contribution in [0, 0.1) is 5.82 Å². The van der Waals surface area contributed by atoms with Crippen LogP contribution in [-0.4, -0.2) is 16.5 Å². The third-order valence-electron chi connectivity index (χ3n) is 3.27. The fraction of sp³-hybridized carbons (Fsp3) is 0.375. The maximum absolute atomic E-state index is 13.7. The Bertz CT molecular complexity index is 629. The van der Waals surface area contributed by atoms with Gasteiger partial charge in [0.15, 0.2) is 11.6 Å². The first kappa shape index (κ1) is 13.8. The molecule has 0 bridgehead atoms. The third-order valence-corrected chi connectivity index (χ3v) is 3.27. The third kappa shape index (κ3) is 3.48. The van der Waals surface area contributed by atoms with Gasteiger partial charge in [-0.15, -0.1) is 0 Å². The van der Waals surface area contributed by atoms with Gasteiger partial charge >= 0.3 is 0 Å². The lowest BCUT2D eigenvalue weighted by Crippen LogP contribution is -2.05. The molecule has 4 nitrogen and oxygen atoms in total. The van der Waals surface area contributed by atoms with Crippen molar-refractivity contribution in [1.29, 1.82) is 0 Å². The average molecular weight is 287 g/mol. The number of halogens is 1. The second-order valence-corrected chi connectivity index (χ2v) is 5.18. The van der Waals surface area contributed by atoms with E-state index in [-0.39, 0.29) is 5.75 Å². The van der Waals surface area contributed by atoms with Crippen molar-refractivity contribution in [1.82, 2.24) is 9.97 Å². The van der Waals surface area contributed by atoms with Crippen molar-refractivity contribution < 1.29 is 9.13 Å². The van der Waals surface area contributed by atoms with Crippen LogP contribution in [0.1, 0.15) is 37.9 Å². The number of benzene rings is 1. The molecule has 110 valence electrons. The van der Waals surface area contributed by atoms with Gasteiger partial charge in [0.2, 0.25) is 5.88 Å². The van der Waals surface area contributed by atoms with Gasteiger partial charge in [0.05, 0.1) is 0 Å². The SMILES string of the molecule is CCCNc1cc(Oc2ccccc2F)nc(C2CC2)n1. The van der Waals surface area contributed by atoms with Crippen LogP contribution in [0.15, 0.2) is 30.3 Å².